The predicted molar refractivity (Wildman–Crippen MR) is 66.2 cm³/mol. The van der Waals surface area contributed by atoms with Crippen molar-refractivity contribution in [3.05, 3.63) is 22.8 Å². The molecular weight excluding hydrogens is 196 g/mol. The lowest BCUT2D eigenvalue weighted by atomic mass is 9.88. The summed E-state index contributed by atoms with van der Waals surface area (Å²) in [5.41, 5.74) is 4.85. The van der Waals surface area contributed by atoms with Gasteiger partial charge in [-0.25, -0.2) is 0 Å². The second-order valence-corrected chi connectivity index (χ2v) is 6.29. The third-order valence-corrected chi connectivity index (χ3v) is 4.84. The molecule has 1 fully saturated rings. The van der Waals surface area contributed by atoms with Gasteiger partial charge in [-0.2, -0.15) is 0 Å². The third kappa shape index (κ3) is 1.34. The molecule has 3 aliphatic rings. The number of fused-ring (bicyclic) bond motifs is 4. The molecule has 3 rings (SSSR count). The SMILES string of the molecule is CC1=CC2CC(OC2(C)C)C2=C(C)CCC12. The highest BCUT2D eigenvalue weighted by Gasteiger charge is 2.46. The summed E-state index contributed by atoms with van der Waals surface area (Å²) in [6, 6.07) is 0. The van der Waals surface area contributed by atoms with E-state index < -0.39 is 0 Å². The minimum absolute atomic E-state index is 0.0345. The highest BCUT2D eigenvalue weighted by molar-refractivity contribution is 5.36. The minimum Gasteiger partial charge on any atom is -0.367 e. The molecule has 16 heavy (non-hydrogen) atoms. The molecule has 0 radical (unpaired) electrons. The summed E-state index contributed by atoms with van der Waals surface area (Å²) in [5.74, 6) is 1.31. The first kappa shape index (κ1) is 10.6. The Morgan fingerprint density at radius 2 is 2.06 bits per heavy atom. The van der Waals surface area contributed by atoms with Gasteiger partial charge in [-0.05, 0) is 52.5 Å². The highest BCUT2D eigenvalue weighted by Crippen LogP contribution is 2.50. The van der Waals surface area contributed by atoms with Gasteiger partial charge >= 0.3 is 0 Å². The first-order valence-electron chi connectivity index (χ1n) is 6.54. The van der Waals surface area contributed by atoms with Gasteiger partial charge in [0, 0.05) is 11.8 Å². The van der Waals surface area contributed by atoms with Crippen LogP contribution in [0, 0.1) is 11.8 Å². The molecule has 3 unspecified atom stereocenters. The molecule has 0 aromatic carbocycles. The smallest absolute Gasteiger partial charge is 0.0807 e. The van der Waals surface area contributed by atoms with E-state index in [1.807, 2.05) is 0 Å². The summed E-state index contributed by atoms with van der Waals surface area (Å²) < 4.78 is 6.28. The van der Waals surface area contributed by atoms with E-state index in [1.54, 1.807) is 16.7 Å². The average molecular weight is 218 g/mol. The zero-order valence-electron chi connectivity index (χ0n) is 10.8. The van der Waals surface area contributed by atoms with Gasteiger partial charge in [-0.3, -0.25) is 0 Å². The van der Waals surface area contributed by atoms with Crippen molar-refractivity contribution in [2.45, 2.75) is 58.7 Å². The summed E-state index contributed by atoms with van der Waals surface area (Å²) in [4.78, 5) is 0. The van der Waals surface area contributed by atoms with Gasteiger partial charge in [0.2, 0.25) is 0 Å². The van der Waals surface area contributed by atoms with Gasteiger partial charge in [0.25, 0.3) is 0 Å². The van der Waals surface area contributed by atoms with Crippen LogP contribution in [0.3, 0.4) is 0 Å². The molecule has 0 aromatic rings. The fraction of sp³-hybridized carbons (Fsp3) is 0.733. The Kier molecular flexibility index (Phi) is 2.13. The topological polar surface area (TPSA) is 9.23 Å². The zero-order valence-corrected chi connectivity index (χ0v) is 10.8. The molecule has 0 amide bonds. The Labute approximate surface area is 98.6 Å². The molecule has 2 bridgehead atoms. The van der Waals surface area contributed by atoms with E-state index in [2.05, 4.69) is 33.8 Å². The molecule has 1 nitrogen and oxygen atoms in total. The molecule has 1 aliphatic heterocycles. The van der Waals surface area contributed by atoms with Crippen molar-refractivity contribution >= 4 is 0 Å². The van der Waals surface area contributed by atoms with E-state index in [-0.39, 0.29) is 5.60 Å². The van der Waals surface area contributed by atoms with E-state index in [4.69, 9.17) is 4.74 Å². The van der Waals surface area contributed by atoms with Crippen LogP contribution in [0.4, 0.5) is 0 Å². The number of hydrogen-bond acceptors (Lipinski definition) is 1. The predicted octanol–water partition coefficient (Wildman–Crippen LogP) is 3.86. The van der Waals surface area contributed by atoms with Crippen LogP contribution in [0.15, 0.2) is 22.8 Å². The van der Waals surface area contributed by atoms with Crippen LogP contribution in [0.1, 0.15) is 47.0 Å². The molecule has 0 spiro atoms. The van der Waals surface area contributed by atoms with Gasteiger partial charge in [0.15, 0.2) is 0 Å². The molecule has 1 heteroatoms. The highest BCUT2D eigenvalue weighted by atomic mass is 16.5. The maximum atomic E-state index is 6.28. The number of ether oxygens (including phenoxy) is 1. The Balaban J connectivity index is 2.09. The van der Waals surface area contributed by atoms with Crippen LogP contribution in [0.25, 0.3) is 0 Å². The molecule has 2 aliphatic carbocycles. The first-order chi connectivity index (χ1) is 7.49. The Morgan fingerprint density at radius 3 is 2.81 bits per heavy atom. The van der Waals surface area contributed by atoms with Crippen LogP contribution in [-0.4, -0.2) is 11.7 Å². The standard InChI is InChI=1S/C15H22O/c1-9-5-6-12-10(2)7-11-8-13(14(9)12)16-15(11,3)4/h7,11-13H,5-6,8H2,1-4H3. The minimum atomic E-state index is 0.0345. The number of hydrogen-bond donors (Lipinski definition) is 0. The molecular formula is C15H22O. The number of allylic oxidation sites excluding steroid dienone is 2. The van der Waals surface area contributed by atoms with Crippen LogP contribution >= 0.6 is 0 Å². The van der Waals surface area contributed by atoms with Crippen molar-refractivity contribution in [3.63, 3.8) is 0 Å². The molecule has 0 aromatic heterocycles. The van der Waals surface area contributed by atoms with Crippen molar-refractivity contribution in [2.24, 2.45) is 11.8 Å². The van der Waals surface area contributed by atoms with E-state index in [0.717, 1.165) is 0 Å². The van der Waals surface area contributed by atoms with Crippen LogP contribution in [0.2, 0.25) is 0 Å². The molecule has 1 saturated heterocycles. The largest absolute Gasteiger partial charge is 0.367 e. The molecule has 88 valence electrons. The average Bonchev–Trinajstić information content (AvgIpc) is 2.63. The maximum absolute atomic E-state index is 6.28. The Hall–Kier alpha value is -0.560. The Bertz CT molecular complexity index is 386. The van der Waals surface area contributed by atoms with Crippen molar-refractivity contribution in [3.8, 4) is 0 Å². The first-order valence-corrected chi connectivity index (χ1v) is 6.54. The van der Waals surface area contributed by atoms with E-state index in [9.17, 15) is 0 Å². The lowest BCUT2D eigenvalue weighted by molar-refractivity contribution is -0.0153. The number of rotatable bonds is 0. The van der Waals surface area contributed by atoms with Gasteiger partial charge in [0.05, 0.1) is 11.7 Å². The van der Waals surface area contributed by atoms with Gasteiger partial charge in [-0.15, -0.1) is 0 Å². The normalized spacial score (nSPS) is 40.8. The zero-order chi connectivity index (χ0) is 11.5. The van der Waals surface area contributed by atoms with Gasteiger partial charge < -0.3 is 4.74 Å². The summed E-state index contributed by atoms with van der Waals surface area (Å²) in [6.07, 6.45) is 6.69. The molecule has 0 N–H and O–H groups in total. The lowest BCUT2D eigenvalue weighted by Gasteiger charge is -2.29. The quantitative estimate of drug-likeness (QED) is 0.561. The monoisotopic (exact) mass is 218 g/mol. The fourth-order valence-electron chi connectivity index (χ4n) is 3.84. The third-order valence-electron chi connectivity index (χ3n) is 4.84. The molecule has 0 saturated carbocycles. The van der Waals surface area contributed by atoms with Crippen molar-refractivity contribution in [1.29, 1.82) is 0 Å². The van der Waals surface area contributed by atoms with E-state index >= 15 is 0 Å². The lowest BCUT2D eigenvalue weighted by Crippen LogP contribution is -2.29. The summed E-state index contributed by atoms with van der Waals surface area (Å²) >= 11 is 0. The van der Waals surface area contributed by atoms with Crippen molar-refractivity contribution < 1.29 is 4.74 Å². The summed E-state index contributed by atoms with van der Waals surface area (Å²) in [7, 11) is 0. The van der Waals surface area contributed by atoms with Crippen molar-refractivity contribution in [1.82, 2.24) is 0 Å². The summed E-state index contributed by atoms with van der Waals surface area (Å²) in [6.45, 7) is 9.11. The van der Waals surface area contributed by atoms with Crippen LogP contribution < -0.4 is 0 Å². The fourth-order valence-corrected chi connectivity index (χ4v) is 3.84. The second kappa shape index (κ2) is 3.22. The molecule has 1 heterocycles. The van der Waals surface area contributed by atoms with Crippen LogP contribution in [-0.2, 0) is 4.74 Å². The maximum Gasteiger partial charge on any atom is 0.0807 e. The van der Waals surface area contributed by atoms with Crippen molar-refractivity contribution in [2.75, 3.05) is 0 Å². The van der Waals surface area contributed by atoms with E-state index in [0.29, 0.717) is 17.9 Å². The molecule has 3 atom stereocenters. The summed E-state index contributed by atoms with van der Waals surface area (Å²) in [5, 5.41) is 0. The second-order valence-electron chi connectivity index (χ2n) is 6.29. The van der Waals surface area contributed by atoms with Gasteiger partial charge in [0.1, 0.15) is 0 Å². The van der Waals surface area contributed by atoms with Gasteiger partial charge in [-0.1, -0.05) is 17.2 Å². The Morgan fingerprint density at radius 1 is 1.31 bits per heavy atom. The van der Waals surface area contributed by atoms with E-state index in [1.165, 1.54) is 19.3 Å². The van der Waals surface area contributed by atoms with Crippen LogP contribution in [0.5, 0.6) is 0 Å².